The van der Waals surface area contributed by atoms with Crippen molar-refractivity contribution in [2.24, 2.45) is 0 Å². The number of halogens is 1. The molecule has 1 amide bonds. The number of hydrogen-bond acceptors (Lipinski definition) is 2. The maximum Gasteiger partial charge on any atom is 0.246 e. The average Bonchev–Trinajstić information content (AvgIpc) is 2.38. The van der Waals surface area contributed by atoms with Crippen LogP contribution in [0.1, 0.15) is 19.4 Å². The summed E-state index contributed by atoms with van der Waals surface area (Å²) < 4.78 is 18.2. The van der Waals surface area contributed by atoms with Gasteiger partial charge in [-0.25, -0.2) is 4.39 Å². The van der Waals surface area contributed by atoms with Gasteiger partial charge in [0.2, 0.25) is 5.91 Å². The van der Waals surface area contributed by atoms with Gasteiger partial charge in [-0.3, -0.25) is 4.79 Å². The summed E-state index contributed by atoms with van der Waals surface area (Å²) in [6.07, 6.45) is 3.05. The minimum absolute atomic E-state index is 0.0729. The van der Waals surface area contributed by atoms with Gasteiger partial charge in [0.1, 0.15) is 0 Å². The van der Waals surface area contributed by atoms with Gasteiger partial charge in [-0.2, -0.15) is 0 Å². The molecule has 1 aromatic rings. The van der Waals surface area contributed by atoms with Crippen molar-refractivity contribution in [1.82, 2.24) is 4.90 Å². The van der Waals surface area contributed by atoms with Crippen molar-refractivity contribution >= 4 is 12.0 Å². The summed E-state index contributed by atoms with van der Waals surface area (Å²) in [6, 6.07) is 4.58. The molecular formula is C14H18FNO2. The third kappa shape index (κ3) is 3.58. The third-order valence-corrected chi connectivity index (χ3v) is 2.67. The van der Waals surface area contributed by atoms with Crippen LogP contribution in [-0.2, 0) is 4.79 Å². The highest BCUT2D eigenvalue weighted by Crippen LogP contribution is 2.18. The highest BCUT2D eigenvalue weighted by atomic mass is 19.1. The van der Waals surface area contributed by atoms with Gasteiger partial charge in [0, 0.05) is 19.2 Å². The molecule has 0 bridgehead atoms. The summed E-state index contributed by atoms with van der Waals surface area (Å²) in [5.74, 6) is -0.312. The van der Waals surface area contributed by atoms with Crippen LogP contribution in [0.5, 0.6) is 5.75 Å². The maximum atomic E-state index is 13.4. The lowest BCUT2D eigenvalue weighted by Crippen LogP contribution is -2.28. The highest BCUT2D eigenvalue weighted by Gasteiger charge is 2.05. The molecule has 18 heavy (non-hydrogen) atoms. The Morgan fingerprint density at radius 2 is 2.06 bits per heavy atom. The Labute approximate surface area is 107 Å². The van der Waals surface area contributed by atoms with Gasteiger partial charge in [-0.15, -0.1) is 0 Å². The van der Waals surface area contributed by atoms with Crippen LogP contribution < -0.4 is 4.74 Å². The Balaban J connectivity index is 2.78. The van der Waals surface area contributed by atoms with Crippen molar-refractivity contribution in [3.63, 3.8) is 0 Å². The fourth-order valence-corrected chi connectivity index (χ4v) is 1.59. The Morgan fingerprint density at radius 1 is 1.39 bits per heavy atom. The maximum absolute atomic E-state index is 13.4. The number of amides is 1. The van der Waals surface area contributed by atoms with E-state index >= 15 is 0 Å². The van der Waals surface area contributed by atoms with Gasteiger partial charge in [0.25, 0.3) is 0 Å². The minimum atomic E-state index is -0.435. The Morgan fingerprint density at radius 3 is 2.56 bits per heavy atom. The first-order valence-electron chi connectivity index (χ1n) is 5.92. The van der Waals surface area contributed by atoms with Crippen LogP contribution in [0.3, 0.4) is 0 Å². The van der Waals surface area contributed by atoms with E-state index in [0.717, 1.165) is 0 Å². The van der Waals surface area contributed by atoms with E-state index in [9.17, 15) is 9.18 Å². The molecule has 1 rings (SSSR count). The molecule has 0 unspecified atom stereocenters. The summed E-state index contributed by atoms with van der Waals surface area (Å²) in [4.78, 5) is 13.4. The molecule has 0 aliphatic carbocycles. The Kier molecular flexibility index (Phi) is 5.36. The number of hydrogen-bond donors (Lipinski definition) is 0. The van der Waals surface area contributed by atoms with Crippen molar-refractivity contribution in [3.05, 3.63) is 35.7 Å². The molecule has 98 valence electrons. The number of rotatable bonds is 5. The molecule has 0 heterocycles. The van der Waals surface area contributed by atoms with E-state index in [-0.39, 0.29) is 11.7 Å². The summed E-state index contributed by atoms with van der Waals surface area (Å²) in [7, 11) is 1.41. The van der Waals surface area contributed by atoms with E-state index in [4.69, 9.17) is 4.74 Å². The topological polar surface area (TPSA) is 29.5 Å². The first-order valence-corrected chi connectivity index (χ1v) is 5.92. The second kappa shape index (κ2) is 6.79. The molecule has 0 radical (unpaired) electrons. The van der Waals surface area contributed by atoms with Crippen molar-refractivity contribution in [3.8, 4) is 5.75 Å². The van der Waals surface area contributed by atoms with Crippen LogP contribution in [0.4, 0.5) is 4.39 Å². The number of ether oxygens (including phenoxy) is 1. The zero-order chi connectivity index (χ0) is 13.5. The van der Waals surface area contributed by atoms with Crippen molar-refractivity contribution < 1.29 is 13.9 Å². The number of likely N-dealkylation sites (N-methyl/N-ethyl adjacent to an activating group) is 1. The lowest BCUT2D eigenvalue weighted by Gasteiger charge is -2.15. The smallest absolute Gasteiger partial charge is 0.246 e. The predicted octanol–water partition coefficient (Wildman–Crippen LogP) is 2.72. The van der Waals surface area contributed by atoms with Crippen LogP contribution in [0.25, 0.3) is 6.08 Å². The number of benzene rings is 1. The lowest BCUT2D eigenvalue weighted by atomic mass is 10.2. The van der Waals surface area contributed by atoms with Crippen LogP contribution in [-0.4, -0.2) is 31.0 Å². The fourth-order valence-electron chi connectivity index (χ4n) is 1.59. The van der Waals surface area contributed by atoms with E-state index in [2.05, 4.69) is 0 Å². The third-order valence-electron chi connectivity index (χ3n) is 2.67. The molecule has 0 spiro atoms. The monoisotopic (exact) mass is 251 g/mol. The summed E-state index contributed by atoms with van der Waals surface area (Å²) in [5.41, 5.74) is 0.633. The molecule has 0 saturated heterocycles. The summed E-state index contributed by atoms with van der Waals surface area (Å²) in [6.45, 7) is 5.16. The molecule has 0 aliphatic rings. The molecule has 0 fully saturated rings. The highest BCUT2D eigenvalue weighted by molar-refractivity contribution is 5.91. The Bertz CT molecular complexity index is 439. The lowest BCUT2D eigenvalue weighted by molar-refractivity contribution is -0.125. The molecular weight excluding hydrogens is 233 g/mol. The molecule has 4 heteroatoms. The Hall–Kier alpha value is -1.84. The van der Waals surface area contributed by atoms with Crippen LogP contribution in [0, 0.1) is 5.82 Å². The number of nitrogens with zero attached hydrogens (tertiary/aromatic N) is 1. The van der Waals surface area contributed by atoms with E-state index in [0.29, 0.717) is 18.7 Å². The first kappa shape index (κ1) is 14.2. The zero-order valence-corrected chi connectivity index (χ0v) is 10.9. The predicted molar refractivity (Wildman–Crippen MR) is 69.9 cm³/mol. The molecule has 0 aliphatic heterocycles. The van der Waals surface area contributed by atoms with Gasteiger partial charge < -0.3 is 9.64 Å². The van der Waals surface area contributed by atoms with E-state index in [1.54, 1.807) is 17.0 Å². The second-order valence-corrected chi connectivity index (χ2v) is 3.74. The number of methoxy groups -OCH3 is 1. The zero-order valence-electron chi connectivity index (χ0n) is 10.9. The summed E-state index contributed by atoms with van der Waals surface area (Å²) >= 11 is 0. The average molecular weight is 251 g/mol. The molecule has 1 aromatic carbocycles. The summed E-state index contributed by atoms with van der Waals surface area (Å²) in [5, 5.41) is 0. The van der Waals surface area contributed by atoms with Crippen molar-refractivity contribution in [1.29, 1.82) is 0 Å². The van der Waals surface area contributed by atoms with Gasteiger partial charge in [0.05, 0.1) is 7.11 Å². The second-order valence-electron chi connectivity index (χ2n) is 3.74. The fraction of sp³-hybridized carbons (Fsp3) is 0.357. The van der Waals surface area contributed by atoms with Gasteiger partial charge in [-0.1, -0.05) is 6.07 Å². The molecule has 0 aromatic heterocycles. The molecule has 0 atom stereocenters. The number of carbonyl (C=O) groups excluding carboxylic acids is 1. The first-order chi connectivity index (χ1) is 8.62. The molecule has 0 N–H and O–H groups in total. The van der Waals surface area contributed by atoms with Crippen molar-refractivity contribution in [2.45, 2.75) is 13.8 Å². The molecule has 0 saturated carbocycles. The van der Waals surface area contributed by atoms with E-state index < -0.39 is 5.82 Å². The van der Waals surface area contributed by atoms with E-state index in [1.165, 1.54) is 25.3 Å². The van der Waals surface area contributed by atoms with Gasteiger partial charge in [0.15, 0.2) is 11.6 Å². The van der Waals surface area contributed by atoms with Gasteiger partial charge >= 0.3 is 0 Å². The normalized spacial score (nSPS) is 10.7. The quantitative estimate of drug-likeness (QED) is 0.753. The van der Waals surface area contributed by atoms with Crippen molar-refractivity contribution in [2.75, 3.05) is 20.2 Å². The van der Waals surface area contributed by atoms with Crippen LogP contribution in [0.2, 0.25) is 0 Å². The van der Waals surface area contributed by atoms with Crippen LogP contribution >= 0.6 is 0 Å². The number of carbonyl (C=O) groups is 1. The van der Waals surface area contributed by atoms with Gasteiger partial charge in [-0.05, 0) is 37.6 Å². The molecule has 3 nitrogen and oxygen atoms in total. The van der Waals surface area contributed by atoms with E-state index in [1.807, 2.05) is 13.8 Å². The largest absolute Gasteiger partial charge is 0.494 e. The minimum Gasteiger partial charge on any atom is -0.494 e. The standard InChI is InChI=1S/C14H18FNO2/c1-4-16(5-2)14(17)9-7-11-6-8-13(18-3)12(15)10-11/h6-10H,4-5H2,1-3H3. The SMILES string of the molecule is CCN(CC)C(=O)C=Cc1ccc(OC)c(F)c1. The van der Waals surface area contributed by atoms with Crippen LogP contribution in [0.15, 0.2) is 24.3 Å².